The molecule has 26 heavy (non-hydrogen) atoms. The lowest BCUT2D eigenvalue weighted by Crippen LogP contribution is -2.23. The molecule has 0 saturated heterocycles. The second-order valence-corrected chi connectivity index (χ2v) is 7.70. The lowest BCUT2D eigenvalue weighted by atomic mass is 10.3. The summed E-state index contributed by atoms with van der Waals surface area (Å²) in [6.07, 6.45) is 0. The number of halogens is 2. The van der Waals surface area contributed by atoms with Gasteiger partial charge in [0.05, 0.1) is 11.4 Å². The molecule has 0 aliphatic carbocycles. The summed E-state index contributed by atoms with van der Waals surface area (Å²) in [5.74, 6) is -0.998. The largest absolute Gasteiger partial charge is 0.296 e. The fourth-order valence-corrected chi connectivity index (χ4v) is 3.90. The van der Waals surface area contributed by atoms with E-state index in [1.165, 1.54) is 15.4 Å². The molecule has 0 bridgehead atoms. The highest BCUT2D eigenvalue weighted by atomic mass is 35.5. The van der Waals surface area contributed by atoms with Gasteiger partial charge in [0.25, 0.3) is 15.6 Å². The monoisotopic (exact) mass is 395 g/mol. The highest BCUT2D eigenvalue weighted by Crippen LogP contribution is 2.22. The third-order valence-corrected chi connectivity index (χ3v) is 5.59. The van der Waals surface area contributed by atoms with Crippen LogP contribution in [-0.4, -0.2) is 17.8 Å². The quantitative estimate of drug-likeness (QED) is 0.737. The first-order valence-electron chi connectivity index (χ1n) is 7.54. The van der Waals surface area contributed by atoms with Crippen LogP contribution in [0, 0.1) is 12.7 Å². The summed E-state index contributed by atoms with van der Waals surface area (Å²) in [6.45, 7) is 1.59. The molecule has 0 saturated carbocycles. The van der Waals surface area contributed by atoms with Crippen molar-refractivity contribution in [3.05, 3.63) is 75.4 Å². The average Bonchev–Trinajstić information content (AvgIpc) is 2.78. The first-order valence-corrected chi connectivity index (χ1v) is 9.40. The molecule has 136 valence electrons. The van der Waals surface area contributed by atoms with E-state index in [1.807, 2.05) is 0 Å². The van der Waals surface area contributed by atoms with Crippen LogP contribution in [-0.2, 0) is 17.1 Å². The third-order valence-electron chi connectivity index (χ3n) is 3.97. The van der Waals surface area contributed by atoms with Crippen LogP contribution in [0.2, 0.25) is 5.02 Å². The van der Waals surface area contributed by atoms with Crippen molar-refractivity contribution in [1.29, 1.82) is 0 Å². The molecule has 1 heterocycles. The Morgan fingerprint density at radius 2 is 1.77 bits per heavy atom. The van der Waals surface area contributed by atoms with Gasteiger partial charge in [0.15, 0.2) is 0 Å². The van der Waals surface area contributed by atoms with Crippen LogP contribution in [0.4, 0.5) is 10.1 Å². The van der Waals surface area contributed by atoms with Crippen LogP contribution in [0.5, 0.6) is 0 Å². The average molecular weight is 396 g/mol. The van der Waals surface area contributed by atoms with Crippen molar-refractivity contribution in [2.45, 2.75) is 11.8 Å². The van der Waals surface area contributed by atoms with Crippen LogP contribution < -0.4 is 10.3 Å². The molecule has 3 aromatic rings. The molecule has 3 rings (SSSR count). The van der Waals surface area contributed by atoms with Gasteiger partial charge in [-0.3, -0.25) is 14.2 Å². The van der Waals surface area contributed by atoms with E-state index in [1.54, 1.807) is 44.3 Å². The zero-order valence-corrected chi connectivity index (χ0v) is 15.5. The van der Waals surface area contributed by atoms with Gasteiger partial charge in [-0.05, 0) is 37.3 Å². The van der Waals surface area contributed by atoms with E-state index in [4.69, 9.17) is 11.6 Å². The molecular weight excluding hydrogens is 381 g/mol. The predicted octanol–water partition coefficient (Wildman–Crippen LogP) is 3.08. The Morgan fingerprint density at radius 3 is 2.38 bits per heavy atom. The lowest BCUT2D eigenvalue weighted by Gasteiger charge is -2.08. The normalized spacial score (nSPS) is 11.5. The summed E-state index contributed by atoms with van der Waals surface area (Å²) in [7, 11) is -2.67. The summed E-state index contributed by atoms with van der Waals surface area (Å²) in [5.41, 5.74) is 0.253. The van der Waals surface area contributed by atoms with E-state index >= 15 is 0 Å². The number of nitrogens with one attached hydrogen (secondary N) is 1. The molecule has 2 aromatic carbocycles. The minimum absolute atomic E-state index is 0.0729. The molecule has 0 unspecified atom stereocenters. The number of rotatable bonds is 4. The van der Waals surface area contributed by atoms with Crippen molar-refractivity contribution in [2.24, 2.45) is 7.05 Å². The molecule has 0 aliphatic heterocycles. The van der Waals surface area contributed by atoms with E-state index < -0.39 is 26.3 Å². The lowest BCUT2D eigenvalue weighted by molar-refractivity contribution is 0.570. The van der Waals surface area contributed by atoms with Crippen molar-refractivity contribution in [1.82, 2.24) is 9.36 Å². The summed E-state index contributed by atoms with van der Waals surface area (Å²) in [4.78, 5) is 12.2. The minimum atomic E-state index is -4.30. The summed E-state index contributed by atoms with van der Waals surface area (Å²) >= 11 is 5.66. The van der Waals surface area contributed by atoms with Crippen molar-refractivity contribution < 1.29 is 12.8 Å². The molecule has 0 fully saturated rings. The van der Waals surface area contributed by atoms with Gasteiger partial charge in [-0.25, -0.2) is 17.5 Å². The summed E-state index contributed by atoms with van der Waals surface area (Å²) in [5, 5.41) is 0.0729. The Bertz CT molecular complexity index is 1140. The zero-order valence-electron chi connectivity index (χ0n) is 13.9. The SMILES string of the molecule is Cc1c(NS(=O)(=O)c2ccc(Cl)cc2F)c(=O)n(-c2ccccc2)n1C. The minimum Gasteiger partial charge on any atom is -0.283 e. The van der Waals surface area contributed by atoms with Gasteiger partial charge < -0.3 is 0 Å². The number of hydrogen-bond acceptors (Lipinski definition) is 3. The third kappa shape index (κ3) is 3.13. The first kappa shape index (κ1) is 18.2. The second kappa shape index (κ2) is 6.62. The molecule has 0 aliphatic rings. The van der Waals surface area contributed by atoms with Crippen LogP contribution in [0.3, 0.4) is 0 Å². The highest BCUT2D eigenvalue weighted by molar-refractivity contribution is 7.92. The van der Waals surface area contributed by atoms with Crippen molar-refractivity contribution >= 4 is 27.3 Å². The molecule has 0 spiro atoms. The highest BCUT2D eigenvalue weighted by Gasteiger charge is 2.24. The van der Waals surface area contributed by atoms with Crippen LogP contribution in [0.25, 0.3) is 5.69 Å². The molecule has 1 aromatic heterocycles. The molecule has 1 N–H and O–H groups in total. The molecule has 6 nitrogen and oxygen atoms in total. The summed E-state index contributed by atoms with van der Waals surface area (Å²) in [6, 6.07) is 12.0. The van der Waals surface area contributed by atoms with Crippen LogP contribution in [0.1, 0.15) is 5.69 Å². The Labute approximate surface area is 154 Å². The Hall–Kier alpha value is -2.58. The van der Waals surface area contributed by atoms with Crippen molar-refractivity contribution in [3.63, 3.8) is 0 Å². The number of anilines is 1. The molecule has 0 amide bonds. The van der Waals surface area contributed by atoms with Crippen LogP contribution >= 0.6 is 11.6 Å². The molecule has 9 heteroatoms. The Balaban J connectivity index is 2.10. The van der Waals surface area contributed by atoms with E-state index in [0.717, 1.165) is 12.1 Å². The van der Waals surface area contributed by atoms with Crippen LogP contribution in [0.15, 0.2) is 58.2 Å². The molecule has 0 atom stereocenters. The number of sulfonamides is 1. The maximum atomic E-state index is 14.0. The fourth-order valence-electron chi connectivity index (χ4n) is 2.57. The van der Waals surface area contributed by atoms with Gasteiger partial charge in [0, 0.05) is 12.1 Å². The van der Waals surface area contributed by atoms with E-state index in [-0.39, 0.29) is 10.7 Å². The van der Waals surface area contributed by atoms with E-state index in [0.29, 0.717) is 11.4 Å². The smallest absolute Gasteiger partial charge is 0.283 e. The summed E-state index contributed by atoms with van der Waals surface area (Å²) < 4.78 is 44.1. The van der Waals surface area contributed by atoms with Gasteiger partial charge in [-0.15, -0.1) is 0 Å². The molecular formula is C17H15ClFN3O3S. The van der Waals surface area contributed by atoms with Crippen molar-refractivity contribution in [2.75, 3.05) is 4.72 Å². The standard InChI is InChI=1S/C17H15ClFN3O3S/c1-11-16(17(23)22(21(11)2)13-6-4-3-5-7-13)20-26(24,25)15-9-8-12(18)10-14(15)19/h3-10,20H,1-2H3. The number of aromatic nitrogens is 2. The Morgan fingerprint density at radius 1 is 1.12 bits per heavy atom. The van der Waals surface area contributed by atoms with Gasteiger partial charge in [0.1, 0.15) is 16.4 Å². The first-order chi connectivity index (χ1) is 12.2. The van der Waals surface area contributed by atoms with E-state index in [2.05, 4.69) is 4.72 Å². The van der Waals surface area contributed by atoms with E-state index in [9.17, 15) is 17.6 Å². The number of nitrogens with zero attached hydrogens (tertiary/aromatic N) is 2. The van der Waals surface area contributed by atoms with Crippen molar-refractivity contribution in [3.8, 4) is 5.69 Å². The topological polar surface area (TPSA) is 73.1 Å². The number of para-hydroxylation sites is 1. The van der Waals surface area contributed by atoms with Gasteiger partial charge >= 0.3 is 0 Å². The van der Waals surface area contributed by atoms with Gasteiger partial charge in [-0.2, -0.15) is 0 Å². The second-order valence-electron chi connectivity index (χ2n) is 5.62. The number of benzene rings is 2. The number of hydrogen-bond donors (Lipinski definition) is 1. The van der Waals surface area contributed by atoms with Gasteiger partial charge in [-0.1, -0.05) is 29.8 Å². The maximum absolute atomic E-state index is 14.0. The Kier molecular flexibility index (Phi) is 4.64. The predicted molar refractivity (Wildman–Crippen MR) is 98.0 cm³/mol. The zero-order chi connectivity index (χ0) is 19.1. The van der Waals surface area contributed by atoms with Gasteiger partial charge in [0.2, 0.25) is 0 Å². The maximum Gasteiger partial charge on any atom is 0.296 e. The fraction of sp³-hybridized carbons (Fsp3) is 0.118. The molecule has 0 radical (unpaired) electrons.